The van der Waals surface area contributed by atoms with Crippen molar-refractivity contribution in [3.63, 3.8) is 0 Å². The summed E-state index contributed by atoms with van der Waals surface area (Å²) < 4.78 is 14.2. The molecule has 1 aliphatic carbocycles. The molecule has 24 heavy (non-hydrogen) atoms. The second kappa shape index (κ2) is 7.14. The zero-order valence-electron chi connectivity index (χ0n) is 13.8. The largest absolute Gasteiger partial charge is 0.480 e. The first-order chi connectivity index (χ1) is 11.6. The summed E-state index contributed by atoms with van der Waals surface area (Å²) in [5, 5.41) is 9.00. The highest BCUT2D eigenvalue weighted by molar-refractivity contribution is 5.69. The summed E-state index contributed by atoms with van der Waals surface area (Å²) in [5.74, 6) is -0.588. The van der Waals surface area contributed by atoms with Gasteiger partial charge in [0.1, 0.15) is 5.82 Å². The summed E-state index contributed by atoms with van der Waals surface area (Å²) in [6.45, 7) is 0.704. The Morgan fingerprint density at radius 1 is 1.21 bits per heavy atom. The standard InChI is InChI=1S/C20H22FNO2/c1-22(13-19(23)24)12-15-10-11-16-17(8-5-9-18(16)21)20(15)14-6-3-2-4-7-14/h2-9,15,20H,10-13H2,1H3,(H,23,24)/t15-,20+/m1/s1. The Kier molecular flexibility index (Phi) is 4.95. The van der Waals surface area contributed by atoms with Gasteiger partial charge in [0, 0.05) is 12.5 Å². The topological polar surface area (TPSA) is 40.5 Å². The van der Waals surface area contributed by atoms with E-state index in [2.05, 4.69) is 12.1 Å². The Morgan fingerprint density at radius 2 is 1.96 bits per heavy atom. The smallest absolute Gasteiger partial charge is 0.317 e. The van der Waals surface area contributed by atoms with Gasteiger partial charge in [-0.05, 0) is 48.6 Å². The molecule has 0 saturated carbocycles. The van der Waals surface area contributed by atoms with E-state index < -0.39 is 5.97 Å². The van der Waals surface area contributed by atoms with Gasteiger partial charge in [-0.1, -0.05) is 42.5 Å². The Morgan fingerprint density at radius 3 is 2.67 bits per heavy atom. The molecular formula is C20H22FNO2. The van der Waals surface area contributed by atoms with Gasteiger partial charge in [-0.25, -0.2) is 4.39 Å². The first-order valence-corrected chi connectivity index (χ1v) is 8.29. The minimum Gasteiger partial charge on any atom is -0.480 e. The van der Waals surface area contributed by atoms with Crippen molar-refractivity contribution in [2.45, 2.75) is 18.8 Å². The molecule has 4 heteroatoms. The molecule has 0 saturated heterocycles. The number of rotatable bonds is 5. The van der Waals surface area contributed by atoms with Crippen LogP contribution in [0.2, 0.25) is 0 Å². The predicted octanol–water partition coefficient (Wildman–Crippen LogP) is 3.54. The lowest BCUT2D eigenvalue weighted by molar-refractivity contribution is -0.138. The van der Waals surface area contributed by atoms with E-state index in [-0.39, 0.29) is 24.2 Å². The van der Waals surface area contributed by atoms with Gasteiger partial charge in [-0.15, -0.1) is 0 Å². The number of hydrogen-bond acceptors (Lipinski definition) is 2. The van der Waals surface area contributed by atoms with Crippen molar-refractivity contribution in [1.29, 1.82) is 0 Å². The molecule has 0 spiro atoms. The van der Waals surface area contributed by atoms with Gasteiger partial charge in [-0.3, -0.25) is 9.69 Å². The van der Waals surface area contributed by atoms with Crippen molar-refractivity contribution in [2.24, 2.45) is 5.92 Å². The fourth-order valence-electron chi connectivity index (χ4n) is 3.89. The number of fused-ring (bicyclic) bond motifs is 1. The normalized spacial score (nSPS) is 20.0. The van der Waals surface area contributed by atoms with Crippen LogP contribution in [-0.2, 0) is 11.2 Å². The van der Waals surface area contributed by atoms with E-state index in [1.54, 1.807) is 6.07 Å². The molecule has 2 aromatic carbocycles. The average Bonchev–Trinajstić information content (AvgIpc) is 2.55. The molecule has 0 aliphatic heterocycles. The summed E-state index contributed by atoms with van der Waals surface area (Å²) in [6.07, 6.45) is 1.56. The maximum atomic E-state index is 14.2. The van der Waals surface area contributed by atoms with Crippen molar-refractivity contribution >= 4 is 5.97 Å². The SMILES string of the molecule is CN(CC(=O)O)C[C@H]1CCc2c(F)cccc2[C@H]1c1ccccc1. The fourth-order valence-corrected chi connectivity index (χ4v) is 3.89. The van der Waals surface area contributed by atoms with Gasteiger partial charge < -0.3 is 5.11 Å². The van der Waals surface area contributed by atoms with Gasteiger partial charge >= 0.3 is 5.97 Å². The summed E-state index contributed by atoms with van der Waals surface area (Å²) in [5.41, 5.74) is 3.02. The maximum absolute atomic E-state index is 14.2. The molecule has 0 bridgehead atoms. The van der Waals surface area contributed by atoms with Crippen molar-refractivity contribution in [1.82, 2.24) is 4.90 Å². The van der Waals surface area contributed by atoms with Gasteiger partial charge in [0.2, 0.25) is 0 Å². The molecule has 1 N–H and O–H groups in total. The first kappa shape index (κ1) is 16.7. The molecule has 2 atom stereocenters. The number of likely N-dealkylation sites (N-methyl/N-ethyl adjacent to an activating group) is 1. The number of nitrogens with zero attached hydrogens (tertiary/aromatic N) is 1. The van der Waals surface area contributed by atoms with E-state index in [1.807, 2.05) is 36.2 Å². The van der Waals surface area contributed by atoms with E-state index in [0.29, 0.717) is 13.0 Å². The molecule has 126 valence electrons. The summed E-state index contributed by atoms with van der Waals surface area (Å²) in [4.78, 5) is 12.8. The third-order valence-electron chi connectivity index (χ3n) is 4.84. The third-order valence-corrected chi connectivity index (χ3v) is 4.84. The van der Waals surface area contributed by atoms with E-state index in [9.17, 15) is 9.18 Å². The predicted molar refractivity (Wildman–Crippen MR) is 91.6 cm³/mol. The monoisotopic (exact) mass is 327 g/mol. The van der Waals surface area contributed by atoms with Crippen molar-refractivity contribution < 1.29 is 14.3 Å². The molecule has 0 aromatic heterocycles. The van der Waals surface area contributed by atoms with Gasteiger partial charge in [0.05, 0.1) is 6.54 Å². The number of halogens is 1. The molecule has 3 nitrogen and oxygen atoms in total. The highest BCUT2D eigenvalue weighted by Crippen LogP contribution is 2.41. The fraction of sp³-hybridized carbons (Fsp3) is 0.350. The summed E-state index contributed by atoms with van der Waals surface area (Å²) in [7, 11) is 1.83. The Labute approximate surface area is 141 Å². The Bertz CT molecular complexity index is 717. The van der Waals surface area contributed by atoms with Crippen LogP contribution in [0.15, 0.2) is 48.5 Å². The van der Waals surface area contributed by atoms with Crippen LogP contribution >= 0.6 is 0 Å². The molecular weight excluding hydrogens is 305 g/mol. The lowest BCUT2D eigenvalue weighted by atomic mass is 9.71. The van der Waals surface area contributed by atoms with E-state index >= 15 is 0 Å². The van der Waals surface area contributed by atoms with E-state index in [4.69, 9.17) is 5.11 Å². The molecule has 0 fully saturated rings. The summed E-state index contributed by atoms with van der Waals surface area (Å²) in [6, 6.07) is 15.4. The minimum absolute atomic E-state index is 0.0218. The van der Waals surface area contributed by atoms with Crippen LogP contribution in [0.4, 0.5) is 4.39 Å². The van der Waals surface area contributed by atoms with E-state index in [1.165, 1.54) is 6.07 Å². The van der Waals surface area contributed by atoms with Crippen molar-refractivity contribution in [3.8, 4) is 0 Å². The third kappa shape index (κ3) is 3.49. The first-order valence-electron chi connectivity index (χ1n) is 8.29. The Balaban J connectivity index is 1.96. The zero-order valence-corrected chi connectivity index (χ0v) is 13.8. The van der Waals surface area contributed by atoms with Crippen molar-refractivity contribution in [2.75, 3.05) is 20.1 Å². The highest BCUT2D eigenvalue weighted by Gasteiger charge is 2.32. The number of carbonyl (C=O) groups is 1. The second-order valence-corrected chi connectivity index (χ2v) is 6.59. The lowest BCUT2D eigenvalue weighted by Gasteiger charge is -2.36. The maximum Gasteiger partial charge on any atom is 0.317 e. The number of hydrogen-bond donors (Lipinski definition) is 1. The lowest BCUT2D eigenvalue weighted by Crippen LogP contribution is -2.35. The minimum atomic E-state index is -0.823. The molecule has 3 rings (SSSR count). The zero-order chi connectivity index (χ0) is 17.1. The van der Waals surface area contributed by atoms with Crippen molar-refractivity contribution in [3.05, 3.63) is 71.0 Å². The van der Waals surface area contributed by atoms with Crippen LogP contribution in [0, 0.1) is 11.7 Å². The molecule has 1 aliphatic rings. The average molecular weight is 327 g/mol. The quantitative estimate of drug-likeness (QED) is 0.913. The molecule has 2 aromatic rings. The molecule has 0 radical (unpaired) electrons. The van der Waals surface area contributed by atoms with Crippen LogP contribution < -0.4 is 0 Å². The molecule has 0 heterocycles. The van der Waals surface area contributed by atoms with Gasteiger partial charge in [-0.2, -0.15) is 0 Å². The van der Waals surface area contributed by atoms with Crippen LogP contribution in [0.3, 0.4) is 0 Å². The van der Waals surface area contributed by atoms with Crippen LogP contribution in [0.5, 0.6) is 0 Å². The number of carboxylic acids is 1. The number of carboxylic acid groups (broad SMARTS) is 1. The Hall–Kier alpha value is -2.20. The van der Waals surface area contributed by atoms with Gasteiger partial charge in [0.25, 0.3) is 0 Å². The van der Waals surface area contributed by atoms with Crippen LogP contribution in [0.1, 0.15) is 29.0 Å². The highest BCUT2D eigenvalue weighted by atomic mass is 19.1. The van der Waals surface area contributed by atoms with Crippen LogP contribution in [-0.4, -0.2) is 36.1 Å². The number of aliphatic carboxylic acids is 1. The summed E-state index contributed by atoms with van der Waals surface area (Å²) >= 11 is 0. The van der Waals surface area contributed by atoms with E-state index in [0.717, 1.165) is 23.1 Å². The number of benzene rings is 2. The van der Waals surface area contributed by atoms with Gasteiger partial charge in [0.15, 0.2) is 0 Å². The second-order valence-electron chi connectivity index (χ2n) is 6.59. The van der Waals surface area contributed by atoms with Crippen LogP contribution in [0.25, 0.3) is 0 Å². The molecule has 0 amide bonds. The molecule has 0 unspecified atom stereocenters.